The lowest BCUT2D eigenvalue weighted by Gasteiger charge is -2.41. The summed E-state index contributed by atoms with van der Waals surface area (Å²) in [6, 6.07) is 4.83. The van der Waals surface area contributed by atoms with Crippen LogP contribution in [-0.2, 0) is 9.59 Å². The van der Waals surface area contributed by atoms with Crippen molar-refractivity contribution >= 4 is 40.8 Å². The number of carbonyl (C=O) groups is 2. The van der Waals surface area contributed by atoms with Gasteiger partial charge < -0.3 is 10.4 Å². The third-order valence-corrected chi connectivity index (χ3v) is 5.99. The molecule has 5 rings (SSSR count). The molecule has 4 aliphatic carbocycles. The number of carboxylic acids is 1. The normalized spacial score (nSPS) is 36.4. The molecule has 0 aliphatic heterocycles. The maximum atomic E-state index is 12.8. The van der Waals surface area contributed by atoms with Crippen LogP contribution in [0.4, 0.5) is 5.69 Å². The summed E-state index contributed by atoms with van der Waals surface area (Å²) in [4.78, 5) is 24.5. The van der Waals surface area contributed by atoms with Crippen LogP contribution < -0.4 is 5.32 Å². The number of anilines is 1. The van der Waals surface area contributed by atoms with Crippen LogP contribution in [0.15, 0.2) is 30.4 Å². The van der Waals surface area contributed by atoms with Gasteiger partial charge in [-0.15, -0.1) is 0 Å². The Morgan fingerprint density at radius 3 is 2.39 bits per heavy atom. The first-order chi connectivity index (χ1) is 11.0. The average molecular weight is 352 g/mol. The van der Waals surface area contributed by atoms with Crippen LogP contribution in [0.1, 0.15) is 6.42 Å². The number of nitrogens with one attached hydrogen (secondary N) is 1. The monoisotopic (exact) mass is 351 g/mol. The number of rotatable bonds is 3. The largest absolute Gasteiger partial charge is 0.481 e. The number of hydrogen-bond acceptors (Lipinski definition) is 2. The van der Waals surface area contributed by atoms with Gasteiger partial charge in [0, 0.05) is 5.02 Å². The van der Waals surface area contributed by atoms with Gasteiger partial charge in [0.1, 0.15) is 0 Å². The molecular weight excluding hydrogens is 337 g/mol. The molecule has 2 saturated carbocycles. The van der Waals surface area contributed by atoms with Gasteiger partial charge in [-0.25, -0.2) is 0 Å². The summed E-state index contributed by atoms with van der Waals surface area (Å²) in [5, 5.41) is 13.2. The molecule has 120 valence electrons. The molecule has 1 amide bonds. The standard InChI is InChI=1S/C17H15Cl2NO3/c18-7-1-4-12(19)13(5-7)20-16(21)14-8-2-3-9(11-6-10(8)11)15(14)17(22)23/h1-5,8-11,14-15H,6H2,(H,20,21)(H,22,23)/t8-,9-,10-,11-,14-,15+/m1/s1. The van der Waals surface area contributed by atoms with E-state index in [1.54, 1.807) is 18.2 Å². The summed E-state index contributed by atoms with van der Waals surface area (Å²) in [6.07, 6.45) is 5.05. The van der Waals surface area contributed by atoms with Crippen molar-refractivity contribution in [3.63, 3.8) is 0 Å². The van der Waals surface area contributed by atoms with Gasteiger partial charge in [-0.05, 0) is 48.3 Å². The maximum absolute atomic E-state index is 12.8. The van der Waals surface area contributed by atoms with E-state index in [2.05, 4.69) is 5.32 Å². The first-order valence-corrected chi connectivity index (χ1v) is 8.40. The molecule has 2 bridgehead atoms. The Balaban J connectivity index is 1.63. The van der Waals surface area contributed by atoms with Crippen molar-refractivity contribution in [3.8, 4) is 0 Å². The van der Waals surface area contributed by atoms with Crippen LogP contribution in [0, 0.1) is 35.5 Å². The number of carboxylic acid groups (broad SMARTS) is 1. The highest BCUT2D eigenvalue weighted by Crippen LogP contribution is 2.63. The molecule has 0 aromatic heterocycles. The second-order valence-electron chi connectivity index (χ2n) is 6.61. The molecule has 0 spiro atoms. The van der Waals surface area contributed by atoms with Gasteiger partial charge in [-0.3, -0.25) is 9.59 Å². The zero-order valence-electron chi connectivity index (χ0n) is 12.1. The van der Waals surface area contributed by atoms with Gasteiger partial charge in [0.25, 0.3) is 0 Å². The number of benzene rings is 1. The zero-order chi connectivity index (χ0) is 16.3. The molecule has 2 fully saturated rings. The van der Waals surface area contributed by atoms with Crippen molar-refractivity contribution < 1.29 is 14.7 Å². The molecule has 4 nitrogen and oxygen atoms in total. The highest BCUT2D eigenvalue weighted by Gasteiger charge is 2.62. The van der Waals surface area contributed by atoms with E-state index in [9.17, 15) is 14.7 Å². The lowest BCUT2D eigenvalue weighted by Crippen LogP contribution is -2.48. The summed E-state index contributed by atoms with van der Waals surface area (Å²) in [5.74, 6) is -1.54. The summed E-state index contributed by atoms with van der Waals surface area (Å²) >= 11 is 12.0. The third kappa shape index (κ3) is 2.36. The minimum absolute atomic E-state index is 0.00376. The minimum Gasteiger partial charge on any atom is -0.481 e. The van der Waals surface area contributed by atoms with E-state index in [0.29, 0.717) is 27.6 Å². The lowest BCUT2D eigenvalue weighted by molar-refractivity contribution is -0.152. The number of halogens is 2. The Hall–Kier alpha value is -1.52. The van der Waals surface area contributed by atoms with Crippen LogP contribution in [-0.4, -0.2) is 17.0 Å². The van der Waals surface area contributed by atoms with E-state index in [0.717, 1.165) is 6.42 Å². The van der Waals surface area contributed by atoms with Gasteiger partial charge in [0.2, 0.25) is 5.91 Å². The predicted molar refractivity (Wildman–Crippen MR) is 87.4 cm³/mol. The van der Waals surface area contributed by atoms with Gasteiger partial charge in [0.05, 0.1) is 22.5 Å². The summed E-state index contributed by atoms with van der Waals surface area (Å²) < 4.78 is 0. The SMILES string of the molecule is O=C(Nc1cc(Cl)ccc1Cl)[C@@H]1[C@@H]2C=C[C@H]([C@H]3C[C@H]23)[C@@H]1C(=O)O. The van der Waals surface area contributed by atoms with Crippen LogP contribution in [0.3, 0.4) is 0 Å². The van der Waals surface area contributed by atoms with Crippen molar-refractivity contribution in [1.29, 1.82) is 0 Å². The number of allylic oxidation sites excluding steroid dienone is 2. The lowest BCUT2D eigenvalue weighted by atomic mass is 9.62. The summed E-state index contributed by atoms with van der Waals surface area (Å²) in [5.41, 5.74) is 0.422. The van der Waals surface area contributed by atoms with E-state index >= 15 is 0 Å². The van der Waals surface area contributed by atoms with E-state index in [1.807, 2.05) is 12.2 Å². The molecule has 0 unspecified atom stereocenters. The van der Waals surface area contributed by atoms with Crippen molar-refractivity contribution in [2.45, 2.75) is 6.42 Å². The summed E-state index contributed by atoms with van der Waals surface area (Å²) in [6.45, 7) is 0. The van der Waals surface area contributed by atoms with Gasteiger partial charge in [-0.1, -0.05) is 35.4 Å². The number of carbonyl (C=O) groups excluding carboxylic acids is 1. The number of fused-ring (bicyclic) bond motifs is 1. The Morgan fingerprint density at radius 1 is 1.09 bits per heavy atom. The number of amides is 1. The molecule has 0 saturated heterocycles. The molecule has 6 atom stereocenters. The highest BCUT2D eigenvalue weighted by molar-refractivity contribution is 6.35. The molecule has 4 aliphatic rings. The summed E-state index contributed by atoms with van der Waals surface area (Å²) in [7, 11) is 0. The first-order valence-electron chi connectivity index (χ1n) is 7.64. The Labute approximate surface area is 143 Å². The molecule has 1 aromatic carbocycles. The molecule has 2 N–H and O–H groups in total. The molecule has 0 heterocycles. The molecular formula is C17H15Cl2NO3. The van der Waals surface area contributed by atoms with Crippen LogP contribution in [0.25, 0.3) is 0 Å². The number of hydrogen-bond donors (Lipinski definition) is 2. The van der Waals surface area contributed by atoms with E-state index in [4.69, 9.17) is 23.2 Å². The van der Waals surface area contributed by atoms with Gasteiger partial charge in [-0.2, -0.15) is 0 Å². The van der Waals surface area contributed by atoms with Crippen molar-refractivity contribution in [2.24, 2.45) is 35.5 Å². The smallest absolute Gasteiger partial charge is 0.307 e. The average Bonchev–Trinajstić information content (AvgIpc) is 3.32. The molecule has 0 radical (unpaired) electrons. The van der Waals surface area contributed by atoms with E-state index in [1.165, 1.54) is 0 Å². The van der Waals surface area contributed by atoms with Crippen molar-refractivity contribution in [3.05, 3.63) is 40.4 Å². The van der Waals surface area contributed by atoms with Crippen LogP contribution in [0.5, 0.6) is 0 Å². The second kappa shape index (κ2) is 5.25. The van der Waals surface area contributed by atoms with E-state index in [-0.39, 0.29) is 17.7 Å². The van der Waals surface area contributed by atoms with Crippen molar-refractivity contribution in [2.75, 3.05) is 5.32 Å². The Morgan fingerprint density at radius 2 is 1.74 bits per heavy atom. The van der Waals surface area contributed by atoms with Crippen molar-refractivity contribution in [1.82, 2.24) is 0 Å². The second-order valence-corrected chi connectivity index (χ2v) is 7.45. The zero-order valence-corrected chi connectivity index (χ0v) is 13.6. The highest BCUT2D eigenvalue weighted by atomic mass is 35.5. The molecule has 23 heavy (non-hydrogen) atoms. The molecule has 6 heteroatoms. The first kappa shape index (κ1) is 15.0. The Kier molecular flexibility index (Phi) is 3.43. The van der Waals surface area contributed by atoms with Gasteiger partial charge in [0.15, 0.2) is 0 Å². The fraction of sp³-hybridized carbons (Fsp3) is 0.412. The van der Waals surface area contributed by atoms with Crippen LogP contribution in [0.2, 0.25) is 10.0 Å². The third-order valence-electron chi connectivity index (χ3n) is 5.43. The molecule has 1 aromatic rings. The fourth-order valence-electron chi connectivity index (χ4n) is 4.38. The number of aliphatic carboxylic acids is 1. The minimum atomic E-state index is -0.896. The van der Waals surface area contributed by atoms with Gasteiger partial charge >= 0.3 is 5.97 Å². The quantitative estimate of drug-likeness (QED) is 0.816. The van der Waals surface area contributed by atoms with Crippen LogP contribution >= 0.6 is 23.2 Å². The predicted octanol–water partition coefficient (Wildman–Crippen LogP) is 3.70. The maximum Gasteiger partial charge on any atom is 0.307 e. The fourth-order valence-corrected chi connectivity index (χ4v) is 4.72. The topological polar surface area (TPSA) is 66.4 Å². The van der Waals surface area contributed by atoms with E-state index < -0.39 is 17.8 Å². The Bertz CT molecular complexity index is 733.